The number of rotatable bonds is 11. The van der Waals surface area contributed by atoms with Crippen molar-refractivity contribution in [1.29, 1.82) is 5.26 Å². The minimum Gasteiger partial charge on any atom is -0.390 e. The van der Waals surface area contributed by atoms with E-state index in [4.69, 9.17) is 4.74 Å². The lowest BCUT2D eigenvalue weighted by atomic mass is 9.93. The molecule has 2 aliphatic rings. The van der Waals surface area contributed by atoms with Crippen LogP contribution in [0.3, 0.4) is 0 Å². The van der Waals surface area contributed by atoms with Crippen LogP contribution < -0.4 is 5.32 Å². The van der Waals surface area contributed by atoms with Crippen LogP contribution in [-0.2, 0) is 11.2 Å². The fourth-order valence-corrected chi connectivity index (χ4v) is 5.76. The van der Waals surface area contributed by atoms with Gasteiger partial charge in [-0.3, -0.25) is 4.90 Å². The molecule has 4 atom stereocenters. The summed E-state index contributed by atoms with van der Waals surface area (Å²) < 4.78 is 6.52. The number of hydrogen-bond donors (Lipinski definition) is 2. The monoisotopic (exact) mass is 489 g/mol. The zero-order chi connectivity index (χ0) is 25.2. The Bertz CT molecular complexity index is 937. The van der Waals surface area contributed by atoms with Crippen molar-refractivity contribution < 1.29 is 9.84 Å². The third-order valence-electron chi connectivity index (χ3n) is 7.95. The maximum Gasteiger partial charge on any atom is 0.0828 e. The van der Waals surface area contributed by atoms with E-state index in [0.29, 0.717) is 25.1 Å². The summed E-state index contributed by atoms with van der Waals surface area (Å²) in [5.74, 6) is -0.395. The summed E-state index contributed by atoms with van der Waals surface area (Å²) in [5.41, 5.74) is 3.69. The van der Waals surface area contributed by atoms with Crippen LogP contribution in [0.2, 0.25) is 0 Å². The van der Waals surface area contributed by atoms with E-state index in [-0.39, 0.29) is 6.10 Å². The number of nitrogens with zero attached hydrogens (tertiary/aromatic N) is 2. The molecule has 0 spiro atoms. The summed E-state index contributed by atoms with van der Waals surface area (Å²) in [6.07, 6.45) is 8.19. The van der Waals surface area contributed by atoms with Gasteiger partial charge in [-0.15, -0.1) is 0 Å². The van der Waals surface area contributed by atoms with Crippen LogP contribution in [0.25, 0.3) is 0 Å². The summed E-state index contributed by atoms with van der Waals surface area (Å²) in [7, 11) is 0. The lowest BCUT2D eigenvalue weighted by Crippen LogP contribution is -2.47. The number of nitriles is 1. The highest BCUT2D eigenvalue weighted by Gasteiger charge is 2.28. The molecule has 2 aromatic carbocycles. The molecule has 4 unspecified atom stereocenters. The second-order valence-electron chi connectivity index (χ2n) is 10.7. The van der Waals surface area contributed by atoms with Gasteiger partial charge in [0.15, 0.2) is 0 Å². The molecule has 2 N–H and O–H groups in total. The van der Waals surface area contributed by atoms with E-state index in [1.54, 1.807) is 0 Å². The molecule has 0 aromatic heterocycles. The van der Waals surface area contributed by atoms with Crippen LogP contribution in [0.15, 0.2) is 54.6 Å². The zero-order valence-electron chi connectivity index (χ0n) is 21.8. The summed E-state index contributed by atoms with van der Waals surface area (Å²) in [6, 6.07) is 21.7. The number of aryl methyl sites for hydroxylation is 1. The number of hydrogen-bond acceptors (Lipinski definition) is 5. The van der Waals surface area contributed by atoms with Gasteiger partial charge >= 0.3 is 0 Å². The highest BCUT2D eigenvalue weighted by atomic mass is 16.5. The summed E-state index contributed by atoms with van der Waals surface area (Å²) in [6.45, 7) is 5.67. The van der Waals surface area contributed by atoms with Gasteiger partial charge in [0, 0.05) is 12.6 Å². The Labute approximate surface area is 217 Å². The van der Waals surface area contributed by atoms with E-state index in [1.165, 1.54) is 17.5 Å². The van der Waals surface area contributed by atoms with Gasteiger partial charge in [0.25, 0.3) is 0 Å². The molecule has 5 heteroatoms. The average molecular weight is 490 g/mol. The number of benzene rings is 2. The Balaban J connectivity index is 1.31. The first kappa shape index (κ1) is 26.8. The molecule has 2 fully saturated rings. The highest BCUT2D eigenvalue weighted by Crippen LogP contribution is 2.33. The van der Waals surface area contributed by atoms with Gasteiger partial charge in [-0.2, -0.15) is 5.26 Å². The van der Waals surface area contributed by atoms with Crippen molar-refractivity contribution >= 4 is 0 Å². The normalized spacial score (nSPS) is 22.7. The Morgan fingerprint density at radius 2 is 1.81 bits per heavy atom. The molecule has 2 saturated heterocycles. The Hall–Kier alpha value is -2.23. The molecule has 4 rings (SSSR count). The van der Waals surface area contributed by atoms with Gasteiger partial charge < -0.3 is 15.2 Å². The average Bonchev–Trinajstić information content (AvgIpc) is 2.92. The Morgan fingerprint density at radius 3 is 2.53 bits per heavy atom. The third-order valence-corrected chi connectivity index (χ3v) is 7.95. The number of nitrogens with one attached hydrogen (secondary N) is 1. The lowest BCUT2D eigenvalue weighted by Gasteiger charge is -2.37. The Kier molecular flexibility index (Phi) is 10.4. The van der Waals surface area contributed by atoms with E-state index in [9.17, 15) is 10.4 Å². The molecule has 5 nitrogen and oxygen atoms in total. The van der Waals surface area contributed by atoms with Crippen LogP contribution in [-0.4, -0.2) is 54.4 Å². The predicted molar refractivity (Wildman–Crippen MR) is 145 cm³/mol. The van der Waals surface area contributed by atoms with Crippen LogP contribution in [0.1, 0.15) is 67.7 Å². The number of ether oxygens (including phenoxy) is 1. The van der Waals surface area contributed by atoms with Crippen molar-refractivity contribution in [2.24, 2.45) is 5.92 Å². The Morgan fingerprint density at radius 1 is 1.06 bits per heavy atom. The maximum atomic E-state index is 11.1. The number of aliphatic hydroxyl groups excluding tert-OH is 1. The first-order chi connectivity index (χ1) is 17.6. The van der Waals surface area contributed by atoms with Crippen LogP contribution in [0, 0.1) is 24.2 Å². The fourth-order valence-electron chi connectivity index (χ4n) is 5.76. The smallest absolute Gasteiger partial charge is 0.0828 e. The van der Waals surface area contributed by atoms with E-state index in [1.807, 2.05) is 30.3 Å². The van der Waals surface area contributed by atoms with Gasteiger partial charge in [-0.25, -0.2) is 0 Å². The molecule has 0 aliphatic carbocycles. The summed E-state index contributed by atoms with van der Waals surface area (Å²) in [4.78, 5) is 2.46. The van der Waals surface area contributed by atoms with Gasteiger partial charge in [0.05, 0.1) is 30.3 Å². The molecule has 0 bridgehead atoms. The SMILES string of the molecule is Cc1ccc(C2CCCC(CCCN(CC(O)C(C#N)Cc3ccccc3)C3CCNCC3)O2)cc1. The molecular formula is C31H43N3O2. The molecular weight excluding hydrogens is 446 g/mol. The standard InChI is InChI=1S/C31H43N3O2/c1-24-12-14-26(15-13-24)31-11-5-9-29(36-31)10-6-20-34(28-16-18-33-19-17-28)23-30(35)27(22-32)21-25-7-3-2-4-8-25/h2-4,7-8,12-15,27-31,33,35H,5-6,9-11,16-21,23H2,1H3. The molecule has 2 heterocycles. The topological polar surface area (TPSA) is 68.5 Å². The molecule has 0 amide bonds. The molecule has 2 aromatic rings. The van der Waals surface area contributed by atoms with Crippen molar-refractivity contribution in [2.75, 3.05) is 26.2 Å². The van der Waals surface area contributed by atoms with Crippen LogP contribution >= 0.6 is 0 Å². The largest absolute Gasteiger partial charge is 0.390 e. The minimum absolute atomic E-state index is 0.209. The van der Waals surface area contributed by atoms with Gasteiger partial charge in [0.1, 0.15) is 0 Å². The quantitative estimate of drug-likeness (QED) is 0.455. The highest BCUT2D eigenvalue weighted by molar-refractivity contribution is 5.23. The third kappa shape index (κ3) is 7.88. The van der Waals surface area contributed by atoms with E-state index < -0.39 is 12.0 Å². The predicted octanol–water partition coefficient (Wildman–Crippen LogP) is 5.18. The summed E-state index contributed by atoms with van der Waals surface area (Å²) in [5, 5.41) is 24.4. The molecule has 0 saturated carbocycles. The maximum absolute atomic E-state index is 11.1. The van der Waals surface area contributed by atoms with Gasteiger partial charge in [-0.05, 0) is 89.1 Å². The van der Waals surface area contributed by atoms with Crippen LogP contribution in [0.4, 0.5) is 0 Å². The first-order valence-corrected chi connectivity index (χ1v) is 13.9. The van der Waals surface area contributed by atoms with Crippen molar-refractivity contribution in [3.63, 3.8) is 0 Å². The van der Waals surface area contributed by atoms with Crippen LogP contribution in [0.5, 0.6) is 0 Å². The zero-order valence-corrected chi connectivity index (χ0v) is 21.8. The van der Waals surface area contributed by atoms with E-state index in [2.05, 4.69) is 47.5 Å². The molecule has 0 radical (unpaired) electrons. The van der Waals surface area contributed by atoms with E-state index >= 15 is 0 Å². The van der Waals surface area contributed by atoms with Gasteiger partial charge in [-0.1, -0.05) is 60.2 Å². The molecule has 194 valence electrons. The van der Waals surface area contributed by atoms with Crippen molar-refractivity contribution in [3.05, 3.63) is 71.3 Å². The van der Waals surface area contributed by atoms with E-state index in [0.717, 1.165) is 63.7 Å². The molecule has 2 aliphatic heterocycles. The second kappa shape index (κ2) is 13.9. The number of piperidine rings is 1. The van der Waals surface area contributed by atoms with Crippen molar-refractivity contribution in [3.8, 4) is 6.07 Å². The molecule has 36 heavy (non-hydrogen) atoms. The first-order valence-electron chi connectivity index (χ1n) is 13.9. The lowest BCUT2D eigenvalue weighted by molar-refractivity contribution is -0.0571. The number of aliphatic hydroxyl groups is 1. The van der Waals surface area contributed by atoms with Crippen molar-refractivity contribution in [1.82, 2.24) is 10.2 Å². The summed E-state index contributed by atoms with van der Waals surface area (Å²) >= 11 is 0. The second-order valence-corrected chi connectivity index (χ2v) is 10.7. The minimum atomic E-state index is -0.651. The van der Waals surface area contributed by atoms with Gasteiger partial charge in [0.2, 0.25) is 0 Å². The fraction of sp³-hybridized carbons (Fsp3) is 0.581. The van der Waals surface area contributed by atoms with Crippen molar-refractivity contribution in [2.45, 2.75) is 82.6 Å².